The smallest absolute Gasteiger partial charge is 0.323 e. The van der Waals surface area contributed by atoms with E-state index in [1.165, 1.54) is 16.2 Å². The first-order valence-electron chi connectivity index (χ1n) is 10.3. The fraction of sp³-hybridized carbons (Fsp3) is 0.524. The van der Waals surface area contributed by atoms with Gasteiger partial charge in [0.25, 0.3) is 5.91 Å². The average Bonchev–Trinajstić information content (AvgIpc) is 3.40. The van der Waals surface area contributed by atoms with Crippen molar-refractivity contribution in [2.24, 2.45) is 0 Å². The molecule has 2 heterocycles. The zero-order valence-corrected chi connectivity index (χ0v) is 17.6. The van der Waals surface area contributed by atoms with Crippen molar-refractivity contribution < 1.29 is 14.4 Å². The maximum Gasteiger partial charge on any atom is 0.325 e. The highest BCUT2D eigenvalue weighted by atomic mass is 32.1. The van der Waals surface area contributed by atoms with Gasteiger partial charge in [-0.1, -0.05) is 43.2 Å². The fourth-order valence-electron chi connectivity index (χ4n) is 4.21. The summed E-state index contributed by atoms with van der Waals surface area (Å²) in [6.07, 6.45) is 4.14. The lowest BCUT2D eigenvalue weighted by molar-refractivity contribution is -0.131. The number of hydrogen-bond acceptors (Lipinski definition) is 5. The summed E-state index contributed by atoms with van der Waals surface area (Å²) in [6, 6.07) is 7.41. The van der Waals surface area contributed by atoms with Gasteiger partial charge in [0.05, 0.1) is 10.2 Å². The standard InChI is InChI=1S/C21H26N4O3S/c1-3-14(2)25(20-22-15-8-4-5-9-16(15)29-20)17(26)10-13-24-18(27)21(23-19(24)28)11-6-7-12-21/h4-5,8-9,14H,3,6-7,10-13H2,1-2H3,(H,23,28)/t14-/m0/s1. The largest absolute Gasteiger partial charge is 0.325 e. The maximum atomic E-state index is 13.1. The van der Waals surface area contributed by atoms with Gasteiger partial charge in [0.1, 0.15) is 5.54 Å². The monoisotopic (exact) mass is 414 g/mol. The molecule has 4 amide bonds. The molecule has 1 saturated heterocycles. The van der Waals surface area contributed by atoms with Crippen LogP contribution in [-0.2, 0) is 9.59 Å². The van der Waals surface area contributed by atoms with Crippen LogP contribution in [0.5, 0.6) is 0 Å². The van der Waals surface area contributed by atoms with Crippen LogP contribution in [0.1, 0.15) is 52.4 Å². The molecule has 1 N–H and O–H groups in total. The van der Waals surface area contributed by atoms with E-state index in [1.807, 2.05) is 38.1 Å². The molecule has 2 fully saturated rings. The number of fused-ring (bicyclic) bond motifs is 1. The van der Waals surface area contributed by atoms with Crippen molar-refractivity contribution in [3.63, 3.8) is 0 Å². The minimum absolute atomic E-state index is 0.0210. The van der Waals surface area contributed by atoms with E-state index in [4.69, 9.17) is 0 Å². The first-order chi connectivity index (χ1) is 13.9. The van der Waals surface area contributed by atoms with Gasteiger partial charge in [0, 0.05) is 19.0 Å². The minimum Gasteiger partial charge on any atom is -0.323 e. The number of carbonyl (C=O) groups is 3. The van der Waals surface area contributed by atoms with Gasteiger partial charge in [-0.05, 0) is 38.3 Å². The lowest BCUT2D eigenvalue weighted by atomic mass is 9.98. The minimum atomic E-state index is -0.733. The number of carbonyl (C=O) groups excluding carboxylic acids is 3. The van der Waals surface area contributed by atoms with Gasteiger partial charge >= 0.3 is 6.03 Å². The summed E-state index contributed by atoms with van der Waals surface area (Å²) < 4.78 is 1.03. The molecule has 0 radical (unpaired) electrons. The van der Waals surface area contributed by atoms with Crippen molar-refractivity contribution in [1.82, 2.24) is 15.2 Å². The van der Waals surface area contributed by atoms with Crippen LogP contribution >= 0.6 is 11.3 Å². The highest BCUT2D eigenvalue weighted by Crippen LogP contribution is 2.35. The van der Waals surface area contributed by atoms with Gasteiger partial charge in [-0.25, -0.2) is 9.78 Å². The molecule has 2 aliphatic rings. The number of amides is 4. The van der Waals surface area contributed by atoms with Crippen LogP contribution in [0.3, 0.4) is 0 Å². The van der Waals surface area contributed by atoms with Crippen LogP contribution in [0.15, 0.2) is 24.3 Å². The van der Waals surface area contributed by atoms with E-state index in [0.717, 1.165) is 29.5 Å². The zero-order chi connectivity index (χ0) is 20.6. The number of benzene rings is 1. The second-order valence-corrected chi connectivity index (χ2v) is 8.92. The summed E-state index contributed by atoms with van der Waals surface area (Å²) >= 11 is 1.49. The molecule has 1 aromatic carbocycles. The number of anilines is 1. The Morgan fingerprint density at radius 3 is 2.72 bits per heavy atom. The molecular formula is C21H26N4O3S. The van der Waals surface area contributed by atoms with Gasteiger partial charge in [-0.15, -0.1) is 0 Å². The first kappa shape index (κ1) is 19.8. The van der Waals surface area contributed by atoms with Crippen LogP contribution in [0.4, 0.5) is 9.93 Å². The average molecular weight is 415 g/mol. The maximum absolute atomic E-state index is 13.1. The third-order valence-electron chi connectivity index (χ3n) is 6.04. The number of rotatable bonds is 6. The lowest BCUT2D eigenvalue weighted by Gasteiger charge is -2.27. The molecule has 7 nitrogen and oxygen atoms in total. The van der Waals surface area contributed by atoms with E-state index in [0.29, 0.717) is 18.0 Å². The van der Waals surface area contributed by atoms with E-state index in [1.54, 1.807) is 4.90 Å². The molecule has 1 saturated carbocycles. The predicted molar refractivity (Wildman–Crippen MR) is 113 cm³/mol. The SMILES string of the molecule is CC[C@H](C)N(C(=O)CCN1C(=O)NC2(CCCC2)C1=O)c1nc2ccccc2s1. The molecule has 1 atom stereocenters. The van der Waals surface area contributed by atoms with Crippen molar-refractivity contribution in [2.45, 2.75) is 64.0 Å². The van der Waals surface area contributed by atoms with Crippen LogP contribution in [-0.4, -0.2) is 45.9 Å². The second-order valence-electron chi connectivity index (χ2n) is 7.91. The predicted octanol–water partition coefficient (Wildman–Crippen LogP) is 3.68. The van der Waals surface area contributed by atoms with Crippen LogP contribution in [0, 0.1) is 0 Å². The third-order valence-corrected chi connectivity index (χ3v) is 7.08. The number of imide groups is 1. The summed E-state index contributed by atoms with van der Waals surface area (Å²) in [7, 11) is 0. The van der Waals surface area contributed by atoms with Crippen molar-refractivity contribution in [1.29, 1.82) is 0 Å². The molecule has 1 spiro atoms. The normalized spacial score (nSPS) is 19.2. The van der Waals surface area contributed by atoms with E-state index in [2.05, 4.69) is 10.3 Å². The molecule has 4 rings (SSSR count). The Bertz CT molecular complexity index is 917. The van der Waals surface area contributed by atoms with Crippen LogP contribution < -0.4 is 10.2 Å². The number of hydrogen-bond donors (Lipinski definition) is 1. The van der Waals surface area contributed by atoms with Gasteiger partial charge in [0.15, 0.2) is 5.13 Å². The van der Waals surface area contributed by atoms with Gasteiger partial charge in [-0.3, -0.25) is 19.4 Å². The lowest BCUT2D eigenvalue weighted by Crippen LogP contribution is -2.44. The topological polar surface area (TPSA) is 82.6 Å². The second kappa shape index (κ2) is 7.74. The van der Waals surface area contributed by atoms with E-state index >= 15 is 0 Å². The molecule has 1 aliphatic heterocycles. The van der Waals surface area contributed by atoms with Gasteiger partial charge < -0.3 is 5.32 Å². The highest BCUT2D eigenvalue weighted by molar-refractivity contribution is 7.22. The molecule has 1 aliphatic carbocycles. The van der Waals surface area contributed by atoms with Gasteiger partial charge in [-0.2, -0.15) is 0 Å². The Morgan fingerprint density at radius 2 is 2.03 bits per heavy atom. The zero-order valence-electron chi connectivity index (χ0n) is 16.8. The van der Waals surface area contributed by atoms with Crippen molar-refractivity contribution in [2.75, 3.05) is 11.4 Å². The van der Waals surface area contributed by atoms with Gasteiger partial charge in [0.2, 0.25) is 5.91 Å². The number of nitrogens with zero attached hydrogens (tertiary/aromatic N) is 3. The molecule has 1 aromatic heterocycles. The fourth-order valence-corrected chi connectivity index (χ4v) is 5.30. The number of urea groups is 1. The first-order valence-corrected chi connectivity index (χ1v) is 11.1. The Balaban J connectivity index is 1.50. The van der Waals surface area contributed by atoms with Crippen LogP contribution in [0.25, 0.3) is 10.2 Å². The molecule has 0 unspecified atom stereocenters. The Labute approximate surface area is 174 Å². The Kier molecular flexibility index (Phi) is 5.29. The van der Waals surface area contributed by atoms with Crippen molar-refractivity contribution in [3.8, 4) is 0 Å². The Morgan fingerprint density at radius 1 is 1.31 bits per heavy atom. The summed E-state index contributed by atoms with van der Waals surface area (Å²) in [5.41, 5.74) is 0.134. The summed E-state index contributed by atoms with van der Waals surface area (Å²) in [5.74, 6) is -0.297. The Hall–Kier alpha value is -2.48. The molecule has 29 heavy (non-hydrogen) atoms. The quantitative estimate of drug-likeness (QED) is 0.731. The van der Waals surface area contributed by atoms with Crippen LogP contribution in [0.2, 0.25) is 0 Å². The van der Waals surface area contributed by atoms with Crippen molar-refractivity contribution in [3.05, 3.63) is 24.3 Å². The van der Waals surface area contributed by atoms with E-state index in [-0.39, 0.29) is 36.9 Å². The van der Waals surface area contributed by atoms with E-state index in [9.17, 15) is 14.4 Å². The summed E-state index contributed by atoms with van der Waals surface area (Å²) in [4.78, 5) is 45.9. The number of thiazole rings is 1. The molecule has 8 heteroatoms. The van der Waals surface area contributed by atoms with E-state index < -0.39 is 5.54 Å². The molecule has 154 valence electrons. The number of para-hydroxylation sites is 1. The molecule has 0 bridgehead atoms. The highest BCUT2D eigenvalue weighted by Gasteiger charge is 2.52. The summed E-state index contributed by atoms with van der Waals surface area (Å²) in [6.45, 7) is 4.12. The molecular weight excluding hydrogens is 388 g/mol. The third kappa shape index (κ3) is 3.50. The number of nitrogens with one attached hydrogen (secondary N) is 1. The number of aromatic nitrogens is 1. The van der Waals surface area contributed by atoms with Crippen molar-refractivity contribution >= 4 is 44.5 Å². The summed E-state index contributed by atoms with van der Waals surface area (Å²) in [5, 5.41) is 3.53. The molecule has 2 aromatic rings.